The Morgan fingerprint density at radius 2 is 1.02 bits per heavy atom. The van der Waals surface area contributed by atoms with Crippen LogP contribution in [-0.4, -0.2) is 4.57 Å². The predicted octanol–water partition coefficient (Wildman–Crippen LogP) is 13.0. The Morgan fingerprint density at radius 1 is 0.408 bits per heavy atom. The van der Waals surface area contributed by atoms with Gasteiger partial charge >= 0.3 is 0 Å². The number of furan rings is 1. The molecule has 0 spiro atoms. The molecule has 0 amide bonds. The quantitative estimate of drug-likeness (QED) is 0.190. The molecule has 2 heterocycles. The monoisotopic (exact) mass is 626 g/mol. The van der Waals surface area contributed by atoms with Crippen molar-refractivity contribution in [3.05, 3.63) is 182 Å². The molecule has 0 saturated carbocycles. The van der Waals surface area contributed by atoms with Crippen LogP contribution in [0.15, 0.2) is 186 Å². The summed E-state index contributed by atoms with van der Waals surface area (Å²) in [5.41, 5.74) is 10.8. The van der Waals surface area contributed by atoms with Crippen molar-refractivity contribution in [1.82, 2.24) is 4.57 Å². The van der Waals surface area contributed by atoms with Gasteiger partial charge in [-0.15, -0.1) is 0 Å². The van der Waals surface area contributed by atoms with Crippen LogP contribution in [0.3, 0.4) is 0 Å². The summed E-state index contributed by atoms with van der Waals surface area (Å²) in [6.45, 7) is 0. The fourth-order valence-electron chi connectivity index (χ4n) is 7.61. The largest absolute Gasteiger partial charge is 0.456 e. The minimum absolute atomic E-state index is 0.886. The molecule has 8 aromatic carbocycles. The van der Waals surface area contributed by atoms with Crippen molar-refractivity contribution in [1.29, 1.82) is 0 Å². The molecule has 0 N–H and O–H groups in total. The fraction of sp³-hybridized carbons (Fsp3) is 0. The minimum atomic E-state index is 0.886. The van der Waals surface area contributed by atoms with E-state index in [-0.39, 0.29) is 0 Å². The summed E-state index contributed by atoms with van der Waals surface area (Å²) in [5.74, 6) is 0. The molecular formula is C46H30N2O. The Labute approximate surface area is 283 Å². The molecule has 0 unspecified atom stereocenters. The summed E-state index contributed by atoms with van der Waals surface area (Å²) in [6.07, 6.45) is 0. The molecule has 10 rings (SSSR count). The zero-order valence-corrected chi connectivity index (χ0v) is 26.6. The summed E-state index contributed by atoms with van der Waals surface area (Å²) in [4.78, 5) is 2.38. The molecule has 3 heteroatoms. The first-order chi connectivity index (χ1) is 24.3. The second-order valence-electron chi connectivity index (χ2n) is 12.6. The molecule has 0 aliphatic heterocycles. The van der Waals surface area contributed by atoms with Crippen LogP contribution in [0.4, 0.5) is 17.1 Å². The number of hydrogen-bond acceptors (Lipinski definition) is 2. The number of aromatic nitrogens is 1. The van der Waals surface area contributed by atoms with Crippen LogP contribution in [-0.2, 0) is 0 Å². The summed E-state index contributed by atoms with van der Waals surface area (Å²) >= 11 is 0. The van der Waals surface area contributed by atoms with Crippen molar-refractivity contribution in [2.45, 2.75) is 0 Å². The second kappa shape index (κ2) is 11.0. The predicted molar refractivity (Wildman–Crippen MR) is 206 cm³/mol. The van der Waals surface area contributed by atoms with E-state index in [1.54, 1.807) is 0 Å². The highest BCUT2D eigenvalue weighted by atomic mass is 16.3. The van der Waals surface area contributed by atoms with Crippen molar-refractivity contribution in [3.63, 3.8) is 0 Å². The zero-order chi connectivity index (χ0) is 32.3. The third kappa shape index (κ3) is 4.37. The van der Waals surface area contributed by atoms with Crippen LogP contribution in [0.2, 0.25) is 0 Å². The maximum Gasteiger partial charge on any atom is 0.136 e. The van der Waals surface area contributed by atoms with Crippen molar-refractivity contribution in [3.8, 4) is 16.8 Å². The SMILES string of the molecule is c1ccc(N(c2cccc(-n3c4ccccc4c4ccccc43)c2)c2ccccc2-c2cccc3oc4cc5ccccc5cc4c23)cc1. The van der Waals surface area contributed by atoms with E-state index in [1.165, 1.54) is 32.6 Å². The van der Waals surface area contributed by atoms with Gasteiger partial charge in [-0.2, -0.15) is 0 Å². The van der Waals surface area contributed by atoms with E-state index < -0.39 is 0 Å². The van der Waals surface area contributed by atoms with Gasteiger partial charge in [0.1, 0.15) is 11.2 Å². The van der Waals surface area contributed by atoms with E-state index in [9.17, 15) is 0 Å². The summed E-state index contributed by atoms with van der Waals surface area (Å²) in [5, 5.41) is 7.13. The Kier molecular flexibility index (Phi) is 6.18. The number of para-hydroxylation sites is 4. The lowest BCUT2D eigenvalue weighted by Gasteiger charge is -2.28. The molecule has 0 atom stereocenters. The Balaban J connectivity index is 1.21. The van der Waals surface area contributed by atoms with Gasteiger partial charge in [-0.25, -0.2) is 0 Å². The lowest BCUT2D eigenvalue weighted by Crippen LogP contribution is -2.11. The summed E-state index contributed by atoms with van der Waals surface area (Å²) in [7, 11) is 0. The molecule has 3 nitrogen and oxygen atoms in total. The normalized spacial score (nSPS) is 11.7. The Bertz CT molecular complexity index is 2790. The highest BCUT2D eigenvalue weighted by Gasteiger charge is 2.21. The average Bonchev–Trinajstić information content (AvgIpc) is 3.70. The van der Waals surface area contributed by atoms with Gasteiger partial charge in [0.05, 0.1) is 16.7 Å². The lowest BCUT2D eigenvalue weighted by atomic mass is 9.96. The van der Waals surface area contributed by atoms with Crippen LogP contribution in [0.25, 0.3) is 71.3 Å². The number of anilines is 3. The smallest absolute Gasteiger partial charge is 0.136 e. The Morgan fingerprint density at radius 3 is 1.82 bits per heavy atom. The first-order valence-electron chi connectivity index (χ1n) is 16.7. The fourth-order valence-corrected chi connectivity index (χ4v) is 7.61. The minimum Gasteiger partial charge on any atom is -0.456 e. The first kappa shape index (κ1) is 27.5. The molecule has 49 heavy (non-hydrogen) atoms. The standard InChI is InChI=1S/C46H30N2O/c1-2-16-33(17-3-1)47(34-18-12-19-35(30-34)48-42-25-10-6-20-36(42)37-21-7-11-26-43(37)48)41-24-9-8-22-38(41)39-23-13-27-44-46(39)40-28-31-14-4-5-15-32(31)29-45(40)49-44/h1-30H. The molecule has 230 valence electrons. The van der Waals surface area contributed by atoms with Crippen molar-refractivity contribution >= 4 is 71.6 Å². The summed E-state index contributed by atoms with van der Waals surface area (Å²) in [6, 6.07) is 65.0. The number of hydrogen-bond donors (Lipinski definition) is 0. The zero-order valence-electron chi connectivity index (χ0n) is 26.6. The molecule has 0 radical (unpaired) electrons. The van der Waals surface area contributed by atoms with E-state index in [1.807, 2.05) is 0 Å². The topological polar surface area (TPSA) is 21.3 Å². The number of rotatable bonds is 5. The van der Waals surface area contributed by atoms with Gasteiger partial charge in [0, 0.05) is 44.2 Å². The molecular weight excluding hydrogens is 597 g/mol. The highest BCUT2D eigenvalue weighted by molar-refractivity contribution is 6.16. The van der Waals surface area contributed by atoms with Crippen LogP contribution in [0.1, 0.15) is 0 Å². The summed E-state index contributed by atoms with van der Waals surface area (Å²) < 4.78 is 8.88. The third-order valence-electron chi connectivity index (χ3n) is 9.74. The van der Waals surface area contributed by atoms with Gasteiger partial charge in [-0.1, -0.05) is 115 Å². The number of nitrogens with zero attached hydrogens (tertiary/aromatic N) is 2. The van der Waals surface area contributed by atoms with E-state index in [4.69, 9.17) is 4.42 Å². The highest BCUT2D eigenvalue weighted by Crippen LogP contribution is 2.45. The average molecular weight is 627 g/mol. The first-order valence-corrected chi connectivity index (χ1v) is 16.7. The van der Waals surface area contributed by atoms with Crippen molar-refractivity contribution in [2.75, 3.05) is 4.90 Å². The molecule has 0 aliphatic rings. The van der Waals surface area contributed by atoms with Gasteiger partial charge in [0.2, 0.25) is 0 Å². The molecule has 0 aliphatic carbocycles. The Hall–Kier alpha value is -6.58. The van der Waals surface area contributed by atoms with Crippen LogP contribution in [0.5, 0.6) is 0 Å². The van der Waals surface area contributed by atoms with Gasteiger partial charge in [-0.05, 0) is 83.1 Å². The van der Waals surface area contributed by atoms with Gasteiger partial charge in [-0.3, -0.25) is 0 Å². The van der Waals surface area contributed by atoms with E-state index >= 15 is 0 Å². The van der Waals surface area contributed by atoms with E-state index in [0.29, 0.717) is 0 Å². The molecule has 10 aromatic rings. The van der Waals surface area contributed by atoms with Crippen LogP contribution >= 0.6 is 0 Å². The third-order valence-corrected chi connectivity index (χ3v) is 9.74. The second-order valence-corrected chi connectivity index (χ2v) is 12.6. The van der Waals surface area contributed by atoms with Crippen molar-refractivity contribution in [2.24, 2.45) is 0 Å². The number of benzene rings is 8. The molecule has 0 bridgehead atoms. The van der Waals surface area contributed by atoms with E-state index in [2.05, 4.69) is 191 Å². The molecule has 0 fully saturated rings. The van der Waals surface area contributed by atoms with Crippen LogP contribution in [0, 0.1) is 0 Å². The maximum atomic E-state index is 6.50. The maximum absolute atomic E-state index is 6.50. The van der Waals surface area contributed by atoms with Gasteiger partial charge < -0.3 is 13.9 Å². The van der Waals surface area contributed by atoms with E-state index in [0.717, 1.165) is 55.8 Å². The lowest BCUT2D eigenvalue weighted by molar-refractivity contribution is 0.669. The molecule has 0 saturated heterocycles. The van der Waals surface area contributed by atoms with Gasteiger partial charge in [0.25, 0.3) is 0 Å². The number of fused-ring (bicyclic) bond motifs is 7. The van der Waals surface area contributed by atoms with Crippen molar-refractivity contribution < 1.29 is 4.42 Å². The van der Waals surface area contributed by atoms with Crippen LogP contribution < -0.4 is 4.90 Å². The van der Waals surface area contributed by atoms with Gasteiger partial charge in [0.15, 0.2) is 0 Å². The molecule has 2 aromatic heterocycles.